The minimum Gasteiger partial charge on any atom is -0.374 e. The second kappa shape index (κ2) is 13.6. The summed E-state index contributed by atoms with van der Waals surface area (Å²) in [5.41, 5.74) is 2.04. The molecule has 0 fully saturated rings. The maximum absolute atomic E-state index is 11.9. The molecule has 0 aliphatic carbocycles. The van der Waals surface area contributed by atoms with Gasteiger partial charge < -0.3 is 4.74 Å². The quantitative estimate of drug-likeness (QED) is 0.513. The lowest BCUT2D eigenvalue weighted by molar-refractivity contribution is 0.0908. The number of hydrogen-bond donors (Lipinski definition) is 0. The Kier molecular flexibility index (Phi) is 12.7. The fourth-order valence-corrected chi connectivity index (χ4v) is 2.63. The van der Waals surface area contributed by atoms with Crippen LogP contribution in [0.15, 0.2) is 59.5 Å². The highest BCUT2D eigenvalue weighted by Crippen LogP contribution is 2.13. The first-order valence-electron chi connectivity index (χ1n) is 8.66. The second-order valence-corrected chi connectivity index (χ2v) is 6.24. The largest absolute Gasteiger partial charge is 0.374 e. The van der Waals surface area contributed by atoms with E-state index in [0.29, 0.717) is 6.61 Å². The molecule has 0 saturated heterocycles. The summed E-state index contributed by atoms with van der Waals surface area (Å²) in [7, 11) is -3.70. The van der Waals surface area contributed by atoms with Gasteiger partial charge in [-0.1, -0.05) is 75.7 Å². The summed E-state index contributed by atoms with van der Waals surface area (Å²) in [6, 6.07) is 16.2. The van der Waals surface area contributed by atoms with E-state index < -0.39 is 10.1 Å². The summed E-state index contributed by atoms with van der Waals surface area (Å²) in [5, 5.41) is 0. The zero-order chi connectivity index (χ0) is 19.1. The Labute approximate surface area is 152 Å². The van der Waals surface area contributed by atoms with Gasteiger partial charge in [0.1, 0.15) is 0 Å². The highest BCUT2D eigenvalue weighted by atomic mass is 32.2. The highest BCUT2D eigenvalue weighted by molar-refractivity contribution is 7.86. The maximum Gasteiger partial charge on any atom is 0.297 e. The third kappa shape index (κ3) is 9.39. The number of aryl methyl sites for hydroxylation is 1. The van der Waals surface area contributed by atoms with Crippen molar-refractivity contribution >= 4 is 10.1 Å². The van der Waals surface area contributed by atoms with E-state index in [1.165, 1.54) is 12.1 Å². The number of benzene rings is 2. The summed E-state index contributed by atoms with van der Waals surface area (Å²) in [6.45, 7) is 10.6. The Bertz CT molecular complexity index is 650. The van der Waals surface area contributed by atoms with E-state index in [2.05, 4.69) is 0 Å². The van der Waals surface area contributed by atoms with Gasteiger partial charge in [-0.3, -0.25) is 4.18 Å². The second-order valence-electron chi connectivity index (χ2n) is 4.63. The Morgan fingerprint density at radius 1 is 0.800 bits per heavy atom. The fourth-order valence-electron chi connectivity index (χ4n) is 1.74. The van der Waals surface area contributed by atoms with Gasteiger partial charge in [-0.15, -0.1) is 0 Å². The fraction of sp³-hybridized carbons (Fsp3) is 0.400. The molecule has 0 N–H and O–H groups in total. The van der Waals surface area contributed by atoms with Crippen LogP contribution < -0.4 is 0 Å². The molecule has 2 aromatic carbocycles. The molecule has 140 valence electrons. The van der Waals surface area contributed by atoms with Crippen molar-refractivity contribution in [3.05, 3.63) is 65.7 Å². The van der Waals surface area contributed by atoms with Crippen molar-refractivity contribution in [2.45, 2.75) is 46.1 Å². The highest BCUT2D eigenvalue weighted by Gasteiger charge is 2.14. The van der Waals surface area contributed by atoms with Crippen LogP contribution in [0.2, 0.25) is 0 Å². The third-order valence-electron chi connectivity index (χ3n) is 2.89. The molecule has 0 aromatic heterocycles. The van der Waals surface area contributed by atoms with Crippen LogP contribution in [0.25, 0.3) is 0 Å². The van der Waals surface area contributed by atoms with Crippen LogP contribution in [-0.2, 0) is 25.6 Å². The van der Waals surface area contributed by atoms with Crippen molar-refractivity contribution in [2.24, 2.45) is 0 Å². The van der Waals surface area contributed by atoms with Gasteiger partial charge in [-0.2, -0.15) is 8.42 Å². The van der Waals surface area contributed by atoms with E-state index in [1.54, 1.807) is 12.1 Å². The Balaban J connectivity index is 0.00000134. The third-order valence-corrected chi connectivity index (χ3v) is 4.21. The van der Waals surface area contributed by atoms with Crippen LogP contribution in [0, 0.1) is 6.92 Å². The molecular formula is C20H30O4S. The SMILES string of the molecule is CC.CC.Cc1ccc(S(=O)(=O)OCCOCc2ccccc2)cc1. The average Bonchev–Trinajstić information content (AvgIpc) is 2.66. The van der Waals surface area contributed by atoms with Gasteiger partial charge >= 0.3 is 0 Å². The molecule has 5 heteroatoms. The molecule has 0 aliphatic heterocycles. The minimum atomic E-state index is -3.70. The zero-order valence-corrected chi connectivity index (χ0v) is 16.7. The van der Waals surface area contributed by atoms with Gasteiger partial charge in [0.25, 0.3) is 10.1 Å². The van der Waals surface area contributed by atoms with Crippen LogP contribution in [0.1, 0.15) is 38.8 Å². The zero-order valence-electron chi connectivity index (χ0n) is 15.9. The molecular weight excluding hydrogens is 336 g/mol. The molecule has 0 bridgehead atoms. The Morgan fingerprint density at radius 3 is 1.92 bits per heavy atom. The van der Waals surface area contributed by atoms with Gasteiger partial charge in [-0.05, 0) is 24.6 Å². The average molecular weight is 367 g/mol. The molecule has 0 aliphatic rings. The first-order chi connectivity index (χ1) is 12.1. The van der Waals surface area contributed by atoms with E-state index >= 15 is 0 Å². The predicted molar refractivity (Wildman–Crippen MR) is 103 cm³/mol. The van der Waals surface area contributed by atoms with Crippen LogP contribution in [0.4, 0.5) is 0 Å². The predicted octanol–water partition coefficient (Wildman–Crippen LogP) is 4.97. The Hall–Kier alpha value is -1.69. The van der Waals surface area contributed by atoms with Gasteiger partial charge in [0, 0.05) is 0 Å². The summed E-state index contributed by atoms with van der Waals surface area (Å²) in [6.07, 6.45) is 0. The lowest BCUT2D eigenvalue weighted by Gasteiger charge is -2.07. The number of rotatable bonds is 7. The van der Waals surface area contributed by atoms with E-state index in [-0.39, 0.29) is 18.1 Å². The van der Waals surface area contributed by atoms with Gasteiger partial charge in [0.15, 0.2) is 0 Å². The molecule has 0 saturated carbocycles. The van der Waals surface area contributed by atoms with E-state index in [4.69, 9.17) is 8.92 Å². The summed E-state index contributed by atoms with van der Waals surface area (Å²) >= 11 is 0. The monoisotopic (exact) mass is 366 g/mol. The van der Waals surface area contributed by atoms with Gasteiger partial charge in [0.05, 0.1) is 24.7 Å². The molecule has 0 heterocycles. The van der Waals surface area contributed by atoms with Crippen molar-refractivity contribution < 1.29 is 17.3 Å². The normalized spacial score (nSPS) is 10.1. The standard InChI is InChI=1S/C16H18O4S.2C2H6/c1-14-7-9-16(10-8-14)21(17,18)20-12-11-19-13-15-5-3-2-4-6-15;2*1-2/h2-10H,11-13H2,1H3;2*1-2H3. The van der Waals surface area contributed by atoms with E-state index in [1.807, 2.05) is 65.0 Å². The lowest BCUT2D eigenvalue weighted by atomic mass is 10.2. The summed E-state index contributed by atoms with van der Waals surface area (Å²) < 4.78 is 34.1. The smallest absolute Gasteiger partial charge is 0.297 e. The summed E-state index contributed by atoms with van der Waals surface area (Å²) in [4.78, 5) is 0.163. The van der Waals surface area contributed by atoms with E-state index in [9.17, 15) is 8.42 Å². The van der Waals surface area contributed by atoms with Crippen LogP contribution in [0.3, 0.4) is 0 Å². The summed E-state index contributed by atoms with van der Waals surface area (Å²) in [5.74, 6) is 0. The molecule has 0 spiro atoms. The molecule has 4 nitrogen and oxygen atoms in total. The molecule has 2 rings (SSSR count). The van der Waals surface area contributed by atoms with E-state index in [0.717, 1.165) is 11.1 Å². The number of ether oxygens (including phenoxy) is 1. The molecule has 0 atom stereocenters. The molecule has 0 radical (unpaired) electrons. The first-order valence-corrected chi connectivity index (χ1v) is 10.1. The van der Waals surface area contributed by atoms with Crippen LogP contribution in [0.5, 0.6) is 0 Å². The molecule has 0 unspecified atom stereocenters. The van der Waals surface area contributed by atoms with Crippen molar-refractivity contribution in [2.75, 3.05) is 13.2 Å². The van der Waals surface area contributed by atoms with Crippen molar-refractivity contribution in [1.82, 2.24) is 0 Å². The van der Waals surface area contributed by atoms with Gasteiger partial charge in [-0.25, -0.2) is 0 Å². The van der Waals surface area contributed by atoms with Crippen LogP contribution >= 0.6 is 0 Å². The maximum atomic E-state index is 11.9. The first kappa shape index (κ1) is 23.3. The minimum absolute atomic E-state index is 0.00302. The Morgan fingerprint density at radius 2 is 1.36 bits per heavy atom. The van der Waals surface area contributed by atoms with Crippen molar-refractivity contribution in [3.63, 3.8) is 0 Å². The lowest BCUT2D eigenvalue weighted by Crippen LogP contribution is -2.11. The molecule has 25 heavy (non-hydrogen) atoms. The number of hydrogen-bond acceptors (Lipinski definition) is 4. The molecule has 0 amide bonds. The molecule has 2 aromatic rings. The van der Waals surface area contributed by atoms with Gasteiger partial charge in [0.2, 0.25) is 0 Å². The van der Waals surface area contributed by atoms with Crippen LogP contribution in [-0.4, -0.2) is 21.6 Å². The van der Waals surface area contributed by atoms with Crippen molar-refractivity contribution in [1.29, 1.82) is 0 Å². The topological polar surface area (TPSA) is 52.6 Å². The van der Waals surface area contributed by atoms with Crippen molar-refractivity contribution in [3.8, 4) is 0 Å².